The molecule has 1 atom stereocenters. The summed E-state index contributed by atoms with van der Waals surface area (Å²) in [5.74, 6) is -0.127. The number of hydrogen-bond acceptors (Lipinski definition) is 5. The first-order valence-electron chi connectivity index (χ1n) is 14.8. The Kier molecular flexibility index (Phi) is 10.9. The second-order valence-corrected chi connectivity index (χ2v) is 14.7. The van der Waals surface area contributed by atoms with E-state index in [1.807, 2.05) is 13.0 Å². The van der Waals surface area contributed by atoms with E-state index in [4.69, 9.17) is 17.1 Å². The highest BCUT2D eigenvalue weighted by atomic mass is 35.5. The standard InChI is InChI=1S/C33H40ClN5O4S/c1-5-8-25-17-26(11-13-30(25)32(41)37-38-35)29-14-12-28(18-31(29)34)44(42,43)39(4)21-27(40)20-36-33(2,3)19-22-15-23-9-6-7-10-24(23)16-22/h6-7,9-14,17-18,22,27,36,40H,5,8,15-16,19-21H2,1-4H3. The zero-order valence-electron chi connectivity index (χ0n) is 25.6. The van der Waals surface area contributed by atoms with E-state index in [-0.39, 0.29) is 28.5 Å². The fraction of sp³-hybridized carbons (Fsp3) is 0.424. The van der Waals surface area contributed by atoms with Crippen molar-refractivity contribution < 1.29 is 18.3 Å². The third kappa shape index (κ3) is 8.07. The molecule has 0 aromatic heterocycles. The molecule has 0 saturated heterocycles. The third-order valence-corrected chi connectivity index (χ3v) is 10.3. The zero-order chi connectivity index (χ0) is 32.1. The average molecular weight is 638 g/mol. The van der Waals surface area contributed by atoms with Crippen LogP contribution in [0.15, 0.2) is 70.7 Å². The molecular weight excluding hydrogens is 598 g/mol. The predicted octanol–water partition coefficient (Wildman–Crippen LogP) is 6.56. The van der Waals surface area contributed by atoms with Crippen molar-refractivity contribution in [1.82, 2.24) is 9.62 Å². The molecule has 0 saturated carbocycles. The minimum Gasteiger partial charge on any atom is -0.390 e. The summed E-state index contributed by atoms with van der Waals surface area (Å²) in [5, 5.41) is 17.6. The Morgan fingerprint density at radius 2 is 1.84 bits per heavy atom. The van der Waals surface area contributed by atoms with Crippen LogP contribution >= 0.6 is 11.6 Å². The number of nitrogens with zero attached hydrogens (tertiary/aromatic N) is 4. The molecule has 0 fully saturated rings. The molecule has 0 bridgehead atoms. The van der Waals surface area contributed by atoms with Gasteiger partial charge in [0, 0.05) is 46.7 Å². The van der Waals surface area contributed by atoms with Crippen molar-refractivity contribution in [2.75, 3.05) is 20.1 Å². The first-order valence-corrected chi connectivity index (χ1v) is 16.6. The number of fused-ring (bicyclic) bond motifs is 1. The topological polar surface area (TPSA) is 135 Å². The maximum absolute atomic E-state index is 13.4. The Morgan fingerprint density at radius 1 is 1.16 bits per heavy atom. The second kappa shape index (κ2) is 14.2. The molecule has 3 aromatic rings. The lowest BCUT2D eigenvalue weighted by atomic mass is 9.88. The van der Waals surface area contributed by atoms with Crippen LogP contribution in [0.25, 0.3) is 21.6 Å². The number of hydrogen-bond donors (Lipinski definition) is 2. The molecule has 0 spiro atoms. The van der Waals surface area contributed by atoms with Crippen LogP contribution in [0.2, 0.25) is 5.02 Å². The molecular formula is C33H40ClN5O4S. The lowest BCUT2D eigenvalue weighted by Crippen LogP contribution is -2.47. The fourth-order valence-corrected chi connectivity index (χ4v) is 7.64. The summed E-state index contributed by atoms with van der Waals surface area (Å²) >= 11 is 6.59. The van der Waals surface area contributed by atoms with Crippen molar-refractivity contribution in [3.63, 3.8) is 0 Å². The van der Waals surface area contributed by atoms with Gasteiger partial charge in [0.1, 0.15) is 0 Å². The van der Waals surface area contributed by atoms with E-state index in [0.717, 1.165) is 30.0 Å². The number of likely N-dealkylation sites (N-methyl/N-ethyl adjacent to an activating group) is 1. The van der Waals surface area contributed by atoms with E-state index in [2.05, 4.69) is 53.5 Å². The van der Waals surface area contributed by atoms with Gasteiger partial charge in [0.2, 0.25) is 15.9 Å². The fourth-order valence-electron chi connectivity index (χ4n) is 6.05. The van der Waals surface area contributed by atoms with Crippen molar-refractivity contribution in [3.05, 3.63) is 98.4 Å². The maximum Gasteiger partial charge on any atom is 0.249 e. The molecule has 9 nitrogen and oxygen atoms in total. The van der Waals surface area contributed by atoms with Crippen LogP contribution in [0.4, 0.5) is 0 Å². The lowest BCUT2D eigenvalue weighted by molar-refractivity contribution is 0.0999. The average Bonchev–Trinajstić information content (AvgIpc) is 3.38. The number of sulfonamides is 1. The van der Waals surface area contributed by atoms with E-state index in [1.165, 1.54) is 30.3 Å². The summed E-state index contributed by atoms with van der Waals surface area (Å²) in [6.45, 7) is 6.37. The SMILES string of the molecule is CCCc1cc(-c2ccc(S(=O)(=O)N(C)CC(O)CNC(C)(C)CC3Cc4ccccc4C3)cc2Cl)ccc1C(=O)N=[N+]=[N-]. The van der Waals surface area contributed by atoms with Crippen LogP contribution in [0, 0.1) is 5.92 Å². The number of aryl methyl sites for hydroxylation is 1. The number of azide groups is 1. The first-order chi connectivity index (χ1) is 20.8. The number of halogens is 1. The highest BCUT2D eigenvalue weighted by Gasteiger charge is 2.29. The van der Waals surface area contributed by atoms with Gasteiger partial charge in [-0.3, -0.25) is 4.79 Å². The largest absolute Gasteiger partial charge is 0.390 e. The summed E-state index contributed by atoms with van der Waals surface area (Å²) in [6, 6.07) is 18.1. The van der Waals surface area contributed by atoms with E-state index >= 15 is 0 Å². The molecule has 0 aliphatic heterocycles. The Morgan fingerprint density at radius 3 is 2.45 bits per heavy atom. The third-order valence-electron chi connectivity index (χ3n) is 8.17. The highest BCUT2D eigenvalue weighted by molar-refractivity contribution is 7.89. The normalized spacial score (nSPS) is 14.3. The van der Waals surface area contributed by atoms with Crippen molar-refractivity contribution in [3.8, 4) is 11.1 Å². The number of amides is 1. The van der Waals surface area contributed by atoms with Crippen LogP contribution in [-0.2, 0) is 29.3 Å². The molecule has 0 heterocycles. The van der Waals surface area contributed by atoms with Crippen molar-refractivity contribution in [2.45, 2.75) is 69.4 Å². The molecule has 44 heavy (non-hydrogen) atoms. The molecule has 1 amide bonds. The quantitative estimate of drug-likeness (QED) is 0.124. The van der Waals surface area contributed by atoms with Crippen LogP contribution in [-0.4, -0.2) is 55.5 Å². The van der Waals surface area contributed by atoms with Gasteiger partial charge in [-0.2, -0.15) is 4.31 Å². The summed E-state index contributed by atoms with van der Waals surface area (Å²) in [5.41, 5.74) is 13.6. The number of aliphatic hydroxyl groups excluding tert-OH is 1. The number of rotatable bonds is 13. The first kappa shape index (κ1) is 33.6. The van der Waals surface area contributed by atoms with Gasteiger partial charge in [-0.25, -0.2) is 8.42 Å². The number of aliphatic hydroxyl groups is 1. The highest BCUT2D eigenvalue weighted by Crippen LogP contribution is 2.34. The Bertz CT molecular complexity index is 1650. The van der Waals surface area contributed by atoms with Crippen molar-refractivity contribution in [2.24, 2.45) is 11.0 Å². The Hall–Kier alpha value is -3.24. The number of benzene rings is 3. The second-order valence-electron chi connectivity index (χ2n) is 12.2. The summed E-state index contributed by atoms with van der Waals surface area (Å²) in [4.78, 5) is 14.8. The summed E-state index contributed by atoms with van der Waals surface area (Å²) in [6.07, 6.45) is 3.50. The molecule has 2 N–H and O–H groups in total. The van der Waals surface area contributed by atoms with E-state index < -0.39 is 22.0 Å². The number of carbonyl (C=O) groups is 1. The van der Waals surface area contributed by atoms with Crippen LogP contribution in [0.3, 0.4) is 0 Å². The minimum absolute atomic E-state index is 0.0129. The van der Waals surface area contributed by atoms with Gasteiger partial charge in [0.25, 0.3) is 0 Å². The van der Waals surface area contributed by atoms with Crippen molar-refractivity contribution >= 4 is 27.5 Å². The van der Waals surface area contributed by atoms with Gasteiger partial charge in [-0.1, -0.05) is 73.5 Å². The van der Waals surface area contributed by atoms with E-state index in [9.17, 15) is 18.3 Å². The molecule has 234 valence electrons. The smallest absolute Gasteiger partial charge is 0.249 e. The Labute approximate surface area is 264 Å². The zero-order valence-corrected chi connectivity index (χ0v) is 27.2. The van der Waals surface area contributed by atoms with Gasteiger partial charge in [-0.15, -0.1) is 0 Å². The van der Waals surface area contributed by atoms with Crippen LogP contribution < -0.4 is 5.32 Å². The molecule has 11 heteroatoms. The van der Waals surface area contributed by atoms with E-state index in [1.54, 1.807) is 18.2 Å². The van der Waals surface area contributed by atoms with Gasteiger partial charge in [0.15, 0.2) is 0 Å². The molecule has 1 aliphatic rings. The molecule has 0 radical (unpaired) electrons. The van der Waals surface area contributed by atoms with Crippen LogP contribution in [0.5, 0.6) is 0 Å². The van der Waals surface area contributed by atoms with Gasteiger partial charge in [-0.05, 0) is 90.5 Å². The number of carbonyl (C=O) groups excluding carboxylic acids is 1. The van der Waals surface area contributed by atoms with Gasteiger partial charge < -0.3 is 10.4 Å². The number of β-amino-alcohol motifs (C(OH)–C–C–N with tert-alkyl or cyclic N) is 1. The Balaban J connectivity index is 1.39. The monoisotopic (exact) mass is 637 g/mol. The molecule has 1 unspecified atom stereocenters. The summed E-state index contributed by atoms with van der Waals surface area (Å²) in [7, 11) is -2.49. The van der Waals surface area contributed by atoms with Gasteiger partial charge >= 0.3 is 0 Å². The molecule has 1 aliphatic carbocycles. The number of nitrogens with one attached hydrogen (secondary N) is 1. The summed E-state index contributed by atoms with van der Waals surface area (Å²) < 4.78 is 27.9. The van der Waals surface area contributed by atoms with Crippen LogP contribution in [0.1, 0.15) is 60.7 Å². The van der Waals surface area contributed by atoms with Crippen molar-refractivity contribution in [1.29, 1.82) is 0 Å². The predicted molar refractivity (Wildman–Crippen MR) is 174 cm³/mol. The lowest BCUT2D eigenvalue weighted by Gasteiger charge is -2.31. The minimum atomic E-state index is -3.93. The maximum atomic E-state index is 13.4. The molecule has 3 aromatic carbocycles. The molecule has 4 rings (SSSR count). The van der Waals surface area contributed by atoms with Gasteiger partial charge in [0.05, 0.1) is 11.0 Å². The van der Waals surface area contributed by atoms with E-state index in [0.29, 0.717) is 34.6 Å².